The van der Waals surface area contributed by atoms with Gasteiger partial charge in [0.05, 0.1) is 12.8 Å². The van der Waals surface area contributed by atoms with Crippen molar-refractivity contribution in [3.05, 3.63) is 29.8 Å². The maximum atomic E-state index is 13.4. The number of methoxy groups -OCH3 is 1. The van der Waals surface area contributed by atoms with E-state index in [9.17, 15) is 22.8 Å². The second kappa shape index (κ2) is 6.65. The lowest BCUT2D eigenvalue weighted by Gasteiger charge is -2.34. The summed E-state index contributed by atoms with van der Waals surface area (Å²) in [6.07, 6.45) is -5.14. The Balaban J connectivity index is 3.16. The Morgan fingerprint density at radius 3 is 2.23 bits per heavy atom. The van der Waals surface area contributed by atoms with Crippen molar-refractivity contribution < 1.29 is 27.5 Å². The minimum absolute atomic E-state index is 0.311. The zero-order valence-corrected chi connectivity index (χ0v) is 12.2. The minimum Gasteiger partial charge on any atom is -0.466 e. The molecule has 0 radical (unpaired) electrons. The molecule has 3 N–H and O–H groups in total. The van der Waals surface area contributed by atoms with E-state index in [1.165, 1.54) is 6.07 Å². The molecule has 6 nitrogen and oxygen atoms in total. The van der Waals surface area contributed by atoms with Crippen molar-refractivity contribution in [1.82, 2.24) is 10.7 Å². The largest absolute Gasteiger partial charge is 0.466 e. The quantitative estimate of drug-likeness (QED) is 0.435. The lowest BCUT2D eigenvalue weighted by molar-refractivity contribution is -0.218. The van der Waals surface area contributed by atoms with Crippen molar-refractivity contribution in [1.29, 1.82) is 0 Å². The van der Waals surface area contributed by atoms with Crippen molar-refractivity contribution in [2.75, 3.05) is 12.5 Å². The molecule has 1 rings (SSSR count). The topological polar surface area (TPSA) is 79.5 Å². The zero-order valence-electron chi connectivity index (χ0n) is 12.2. The van der Waals surface area contributed by atoms with Gasteiger partial charge in [-0.25, -0.2) is 4.79 Å². The van der Waals surface area contributed by atoms with Crippen LogP contribution in [0.3, 0.4) is 0 Å². The number of anilines is 1. The van der Waals surface area contributed by atoms with Crippen LogP contribution in [0.4, 0.5) is 18.9 Å². The molecule has 1 aromatic carbocycles. The molecule has 122 valence electrons. The number of aryl methyl sites for hydroxylation is 1. The van der Waals surface area contributed by atoms with Crippen LogP contribution >= 0.6 is 0 Å². The summed E-state index contributed by atoms with van der Waals surface area (Å²) in [7, 11) is 0.792. The molecular weight excluding hydrogens is 303 g/mol. The Bertz CT molecular complexity index is 563. The average Bonchev–Trinajstić information content (AvgIpc) is 2.42. The molecule has 0 fully saturated rings. The van der Waals surface area contributed by atoms with Gasteiger partial charge in [-0.2, -0.15) is 18.6 Å². The Labute approximate surface area is 125 Å². The number of amides is 1. The van der Waals surface area contributed by atoms with Gasteiger partial charge in [0.15, 0.2) is 0 Å². The molecule has 1 amide bonds. The molecule has 0 heterocycles. The summed E-state index contributed by atoms with van der Waals surface area (Å²) in [6.45, 7) is 2.52. The first-order valence-corrected chi connectivity index (χ1v) is 6.16. The molecule has 0 aromatic heterocycles. The SMILES string of the molecule is COC(=O)[C@](NNc1ccccc1C)(NC(C)=O)C(F)(F)F. The first kappa shape index (κ1) is 17.8. The highest BCUT2D eigenvalue weighted by Crippen LogP contribution is 2.30. The van der Waals surface area contributed by atoms with Crippen molar-refractivity contribution in [3.8, 4) is 0 Å². The summed E-state index contributed by atoms with van der Waals surface area (Å²) < 4.78 is 44.3. The molecule has 1 aromatic rings. The van der Waals surface area contributed by atoms with E-state index in [2.05, 4.69) is 10.2 Å². The van der Waals surface area contributed by atoms with E-state index in [1.54, 1.807) is 30.4 Å². The highest BCUT2D eigenvalue weighted by Gasteiger charge is 2.63. The molecule has 0 aliphatic rings. The number of para-hydroxylation sites is 1. The van der Waals surface area contributed by atoms with Crippen LogP contribution in [0.2, 0.25) is 0 Å². The number of hydrogen-bond donors (Lipinski definition) is 3. The number of ether oxygens (including phenoxy) is 1. The van der Waals surface area contributed by atoms with Crippen LogP contribution in [-0.2, 0) is 14.3 Å². The van der Waals surface area contributed by atoms with Gasteiger partial charge in [0.2, 0.25) is 5.91 Å². The van der Waals surface area contributed by atoms with E-state index in [4.69, 9.17) is 0 Å². The number of carbonyl (C=O) groups excluding carboxylic acids is 2. The highest BCUT2D eigenvalue weighted by molar-refractivity contribution is 5.87. The number of benzene rings is 1. The highest BCUT2D eigenvalue weighted by atomic mass is 19.4. The monoisotopic (exact) mass is 319 g/mol. The number of halogens is 3. The number of carbonyl (C=O) groups is 2. The summed E-state index contributed by atoms with van der Waals surface area (Å²) in [6, 6.07) is 6.47. The molecule has 0 spiro atoms. The average molecular weight is 319 g/mol. The van der Waals surface area contributed by atoms with Gasteiger partial charge in [-0.1, -0.05) is 18.2 Å². The molecule has 0 saturated carbocycles. The number of hydrogen-bond acceptors (Lipinski definition) is 5. The Hall–Kier alpha value is -2.29. The predicted molar refractivity (Wildman–Crippen MR) is 72.6 cm³/mol. The second-order valence-electron chi connectivity index (χ2n) is 4.49. The Kier molecular flexibility index (Phi) is 5.37. The lowest BCUT2D eigenvalue weighted by Crippen LogP contribution is -2.73. The van der Waals surface area contributed by atoms with Crippen LogP contribution in [0.5, 0.6) is 0 Å². The fourth-order valence-corrected chi connectivity index (χ4v) is 1.68. The first-order chi connectivity index (χ1) is 10.1. The van der Waals surface area contributed by atoms with Crippen LogP contribution in [0.15, 0.2) is 24.3 Å². The molecule has 22 heavy (non-hydrogen) atoms. The fourth-order valence-electron chi connectivity index (χ4n) is 1.68. The van der Waals surface area contributed by atoms with Crippen molar-refractivity contribution in [3.63, 3.8) is 0 Å². The van der Waals surface area contributed by atoms with Crippen molar-refractivity contribution >= 4 is 17.6 Å². The van der Waals surface area contributed by atoms with E-state index in [0.717, 1.165) is 14.0 Å². The van der Waals surface area contributed by atoms with Crippen molar-refractivity contribution in [2.45, 2.75) is 25.7 Å². The van der Waals surface area contributed by atoms with Crippen LogP contribution in [0, 0.1) is 6.92 Å². The van der Waals surface area contributed by atoms with Crippen molar-refractivity contribution in [2.24, 2.45) is 0 Å². The number of alkyl halides is 3. The van der Waals surface area contributed by atoms with Gasteiger partial charge in [-0.15, -0.1) is 0 Å². The van der Waals surface area contributed by atoms with Crippen LogP contribution in [0.1, 0.15) is 12.5 Å². The number of rotatable bonds is 5. The van der Waals surface area contributed by atoms with E-state index in [0.29, 0.717) is 11.3 Å². The van der Waals surface area contributed by atoms with Crippen LogP contribution in [-0.4, -0.2) is 30.8 Å². The predicted octanol–water partition coefficient (Wildman–Crippen LogP) is 1.48. The molecule has 0 aliphatic carbocycles. The van der Waals surface area contributed by atoms with Gasteiger partial charge in [-0.05, 0) is 18.6 Å². The third kappa shape index (κ3) is 3.67. The van der Waals surface area contributed by atoms with Gasteiger partial charge in [0, 0.05) is 6.92 Å². The van der Waals surface area contributed by atoms with E-state index < -0.39 is 23.7 Å². The number of nitrogens with one attached hydrogen (secondary N) is 3. The Morgan fingerprint density at radius 1 is 1.18 bits per heavy atom. The molecule has 0 bridgehead atoms. The molecular formula is C13H16F3N3O3. The molecule has 0 unspecified atom stereocenters. The van der Waals surface area contributed by atoms with Gasteiger partial charge in [0.1, 0.15) is 0 Å². The van der Waals surface area contributed by atoms with E-state index in [1.807, 2.05) is 5.43 Å². The smallest absolute Gasteiger partial charge is 0.438 e. The first-order valence-electron chi connectivity index (χ1n) is 6.16. The van der Waals surface area contributed by atoms with Gasteiger partial charge in [-0.3, -0.25) is 4.79 Å². The molecule has 9 heteroatoms. The summed E-state index contributed by atoms with van der Waals surface area (Å²) >= 11 is 0. The second-order valence-corrected chi connectivity index (χ2v) is 4.49. The third-order valence-electron chi connectivity index (χ3n) is 2.81. The summed E-state index contributed by atoms with van der Waals surface area (Å²) in [4.78, 5) is 22.8. The summed E-state index contributed by atoms with van der Waals surface area (Å²) in [5, 5.41) is 1.56. The summed E-state index contributed by atoms with van der Waals surface area (Å²) in [5.74, 6) is -2.75. The maximum Gasteiger partial charge on any atom is 0.438 e. The van der Waals surface area contributed by atoms with Gasteiger partial charge < -0.3 is 15.5 Å². The van der Waals surface area contributed by atoms with Crippen LogP contribution in [0.25, 0.3) is 0 Å². The zero-order chi connectivity index (χ0) is 17.0. The standard InChI is InChI=1S/C13H16F3N3O3/c1-8-6-4-5-7-10(8)18-19-12(11(21)22-3,13(14,15)16)17-9(2)20/h4-7,18-19H,1-3H3,(H,17,20)/t12-/m1/s1. The van der Waals surface area contributed by atoms with Crippen LogP contribution < -0.4 is 16.2 Å². The normalized spacial score (nSPS) is 13.9. The minimum atomic E-state index is -5.14. The van der Waals surface area contributed by atoms with E-state index in [-0.39, 0.29) is 0 Å². The third-order valence-corrected chi connectivity index (χ3v) is 2.81. The van der Waals surface area contributed by atoms with E-state index >= 15 is 0 Å². The molecule has 0 aliphatic heterocycles. The lowest BCUT2D eigenvalue weighted by atomic mass is 10.1. The maximum absolute atomic E-state index is 13.4. The van der Waals surface area contributed by atoms with Gasteiger partial charge >= 0.3 is 17.8 Å². The number of esters is 1. The molecule has 1 atom stereocenters. The number of hydrazine groups is 1. The Morgan fingerprint density at radius 2 is 1.77 bits per heavy atom. The van der Waals surface area contributed by atoms with Gasteiger partial charge in [0.25, 0.3) is 0 Å². The fraction of sp³-hybridized carbons (Fsp3) is 0.385. The molecule has 0 saturated heterocycles. The summed E-state index contributed by atoms with van der Waals surface area (Å²) in [5.41, 5.74) is 1.67.